The van der Waals surface area contributed by atoms with Gasteiger partial charge in [-0.2, -0.15) is 0 Å². The molecule has 0 spiro atoms. The van der Waals surface area contributed by atoms with Crippen molar-refractivity contribution in [3.63, 3.8) is 0 Å². The monoisotopic (exact) mass is 508 g/mol. The van der Waals surface area contributed by atoms with Gasteiger partial charge in [-0.25, -0.2) is 4.79 Å². The van der Waals surface area contributed by atoms with Crippen LogP contribution in [0.2, 0.25) is 0 Å². The Morgan fingerprint density at radius 3 is 1.24 bits per heavy atom. The highest BCUT2D eigenvalue weighted by Crippen LogP contribution is 2.31. The zero-order chi connectivity index (χ0) is 22.1. The minimum Gasteiger partial charge on any atom is -0.444 e. The fourth-order valence-electron chi connectivity index (χ4n) is 5.83. The van der Waals surface area contributed by atoms with E-state index in [0.29, 0.717) is 0 Å². The normalized spacial score (nSPS) is 24.0. The van der Waals surface area contributed by atoms with Crippen LogP contribution >= 0.6 is 24.8 Å². The van der Waals surface area contributed by atoms with Crippen LogP contribution in [0, 0.1) is 23.7 Å². The second kappa shape index (κ2) is 15.7. The lowest BCUT2D eigenvalue weighted by Gasteiger charge is -2.38. The highest BCUT2D eigenvalue weighted by atomic mass is 35.5. The average Bonchev–Trinajstić information content (AvgIpc) is 2.80. The number of carbonyl (C=O) groups excluding carboxylic acids is 1. The van der Waals surface area contributed by atoms with Crippen LogP contribution in [-0.2, 0) is 4.74 Å². The van der Waals surface area contributed by atoms with Crippen molar-refractivity contribution in [2.75, 3.05) is 52.4 Å². The number of rotatable bonds is 2. The van der Waals surface area contributed by atoms with Gasteiger partial charge in [0.2, 0.25) is 0 Å². The molecule has 8 heteroatoms. The molecule has 33 heavy (non-hydrogen) atoms. The molecule has 0 saturated carbocycles. The number of nitrogens with zero attached hydrogens (tertiary/aromatic N) is 1. The third kappa shape index (κ3) is 10.9. The Hall–Kier alpha value is -0.270. The van der Waals surface area contributed by atoms with Gasteiger partial charge in [-0.1, -0.05) is 0 Å². The lowest BCUT2D eigenvalue weighted by molar-refractivity contribution is 0.0150. The van der Waals surface area contributed by atoms with E-state index in [1.807, 2.05) is 25.7 Å². The highest BCUT2D eigenvalue weighted by molar-refractivity contribution is 5.85. The molecule has 0 bridgehead atoms. The van der Waals surface area contributed by atoms with E-state index in [2.05, 4.69) is 16.0 Å². The van der Waals surface area contributed by atoms with E-state index >= 15 is 0 Å². The highest BCUT2D eigenvalue weighted by Gasteiger charge is 2.31. The van der Waals surface area contributed by atoms with Gasteiger partial charge in [0, 0.05) is 13.1 Å². The van der Waals surface area contributed by atoms with Gasteiger partial charge < -0.3 is 25.6 Å². The minimum atomic E-state index is -0.386. The minimum absolute atomic E-state index is 0. The summed E-state index contributed by atoms with van der Waals surface area (Å²) in [6.07, 6.45) is 10.4. The van der Waals surface area contributed by atoms with Crippen molar-refractivity contribution < 1.29 is 9.53 Å². The summed E-state index contributed by atoms with van der Waals surface area (Å²) in [7, 11) is 0. The standard InChI is InChI=1S/C15H28N2O2.C10H20N2.2ClH/c1-15(2,3)19-14(18)17-10-6-13(7-11-17)12-4-8-16-9-5-12;1-5-11-6-2-9(1)10-3-7-12-8-4-10;;/h12-13,16H,4-11H2,1-3H3;9-12H,1-8H2;2*1H. The SMILES string of the molecule is C1CC(C2CCNCC2)CCN1.CC(C)(C)OC(=O)N1CCC(C2CCNCC2)CC1.Cl.Cl. The molecule has 0 aromatic heterocycles. The number of hydrogen-bond donors (Lipinski definition) is 3. The molecule has 4 rings (SSSR count). The summed E-state index contributed by atoms with van der Waals surface area (Å²) in [6, 6.07) is 0. The van der Waals surface area contributed by atoms with E-state index in [-0.39, 0.29) is 36.5 Å². The Balaban J connectivity index is 0.000000338. The van der Waals surface area contributed by atoms with Crippen LogP contribution in [0.3, 0.4) is 0 Å². The maximum absolute atomic E-state index is 12.0. The molecule has 0 aromatic carbocycles. The first-order valence-electron chi connectivity index (χ1n) is 13.0. The summed E-state index contributed by atoms with van der Waals surface area (Å²) in [6.45, 7) is 14.9. The van der Waals surface area contributed by atoms with Gasteiger partial charge in [0.05, 0.1) is 0 Å². The van der Waals surface area contributed by atoms with E-state index in [1.54, 1.807) is 0 Å². The smallest absolute Gasteiger partial charge is 0.410 e. The molecular formula is C25H50Cl2N4O2. The number of halogens is 2. The van der Waals surface area contributed by atoms with Gasteiger partial charge in [0.25, 0.3) is 0 Å². The molecule has 196 valence electrons. The maximum Gasteiger partial charge on any atom is 0.410 e. The van der Waals surface area contributed by atoms with E-state index in [4.69, 9.17) is 4.74 Å². The summed E-state index contributed by atoms with van der Waals surface area (Å²) in [5.74, 6) is 3.74. The van der Waals surface area contributed by atoms with Crippen LogP contribution in [0.5, 0.6) is 0 Å². The molecular weight excluding hydrogens is 459 g/mol. The van der Waals surface area contributed by atoms with Crippen molar-refractivity contribution in [3.05, 3.63) is 0 Å². The quantitative estimate of drug-likeness (QED) is 0.513. The first kappa shape index (κ1) is 30.8. The molecule has 4 aliphatic rings. The van der Waals surface area contributed by atoms with E-state index < -0.39 is 0 Å². The topological polar surface area (TPSA) is 65.6 Å². The maximum atomic E-state index is 12.0. The lowest BCUT2D eigenvalue weighted by Crippen LogP contribution is -2.44. The van der Waals surface area contributed by atoms with Gasteiger partial charge in [-0.15, -0.1) is 24.8 Å². The zero-order valence-corrected chi connectivity index (χ0v) is 22.8. The van der Waals surface area contributed by atoms with Gasteiger partial charge >= 0.3 is 6.09 Å². The average molecular weight is 510 g/mol. The molecule has 6 nitrogen and oxygen atoms in total. The number of hydrogen-bond acceptors (Lipinski definition) is 5. The molecule has 4 saturated heterocycles. The number of ether oxygens (including phenoxy) is 1. The van der Waals surface area contributed by atoms with Crippen LogP contribution in [0.1, 0.15) is 72.1 Å². The number of amides is 1. The van der Waals surface area contributed by atoms with Crippen LogP contribution in [0.25, 0.3) is 0 Å². The van der Waals surface area contributed by atoms with Gasteiger partial charge in [0.1, 0.15) is 5.60 Å². The van der Waals surface area contributed by atoms with E-state index in [9.17, 15) is 4.79 Å². The summed E-state index contributed by atoms with van der Waals surface area (Å²) in [5.41, 5.74) is -0.386. The molecule has 0 radical (unpaired) electrons. The molecule has 4 aliphatic heterocycles. The van der Waals surface area contributed by atoms with E-state index in [1.165, 1.54) is 64.7 Å². The predicted octanol–water partition coefficient (Wildman–Crippen LogP) is 4.46. The molecule has 1 amide bonds. The van der Waals surface area contributed by atoms with Crippen molar-refractivity contribution >= 4 is 30.9 Å². The third-order valence-electron chi connectivity index (χ3n) is 7.68. The second-order valence-electron chi connectivity index (χ2n) is 11.1. The molecule has 0 atom stereocenters. The molecule has 0 aromatic rings. The summed E-state index contributed by atoms with van der Waals surface area (Å²) in [4.78, 5) is 13.9. The molecule has 0 unspecified atom stereocenters. The first-order valence-corrected chi connectivity index (χ1v) is 13.0. The van der Waals surface area contributed by atoms with Crippen LogP contribution in [0.15, 0.2) is 0 Å². The Morgan fingerprint density at radius 1 is 0.636 bits per heavy atom. The van der Waals surface area contributed by atoms with Crippen molar-refractivity contribution in [2.45, 2.75) is 77.7 Å². The zero-order valence-electron chi connectivity index (χ0n) is 21.2. The number of likely N-dealkylation sites (tertiary alicyclic amines) is 1. The van der Waals surface area contributed by atoms with Crippen molar-refractivity contribution in [3.8, 4) is 0 Å². The summed E-state index contributed by atoms with van der Waals surface area (Å²) >= 11 is 0. The van der Waals surface area contributed by atoms with E-state index in [0.717, 1.165) is 62.7 Å². The van der Waals surface area contributed by atoms with Crippen LogP contribution < -0.4 is 16.0 Å². The Bertz CT molecular complexity index is 505. The Labute approximate surface area is 214 Å². The molecule has 3 N–H and O–H groups in total. The number of carbonyl (C=O) groups is 1. The largest absolute Gasteiger partial charge is 0.444 e. The molecule has 4 heterocycles. The molecule has 0 aliphatic carbocycles. The van der Waals surface area contributed by atoms with Crippen LogP contribution in [-0.4, -0.2) is 69.0 Å². The van der Waals surface area contributed by atoms with Gasteiger partial charge in [-0.05, 0) is 135 Å². The Kier molecular flexibility index (Phi) is 14.6. The van der Waals surface area contributed by atoms with Crippen LogP contribution in [0.4, 0.5) is 4.79 Å². The Morgan fingerprint density at radius 2 is 0.939 bits per heavy atom. The number of piperidine rings is 4. The second-order valence-corrected chi connectivity index (χ2v) is 11.1. The number of nitrogens with one attached hydrogen (secondary N) is 3. The predicted molar refractivity (Wildman–Crippen MR) is 142 cm³/mol. The van der Waals surface area contributed by atoms with Crippen molar-refractivity contribution in [1.82, 2.24) is 20.9 Å². The van der Waals surface area contributed by atoms with Crippen molar-refractivity contribution in [1.29, 1.82) is 0 Å². The fraction of sp³-hybridized carbons (Fsp3) is 0.960. The fourth-order valence-corrected chi connectivity index (χ4v) is 5.83. The van der Waals surface area contributed by atoms with Gasteiger partial charge in [-0.3, -0.25) is 0 Å². The first-order chi connectivity index (χ1) is 14.9. The van der Waals surface area contributed by atoms with Crippen molar-refractivity contribution in [2.24, 2.45) is 23.7 Å². The van der Waals surface area contributed by atoms with Gasteiger partial charge in [0.15, 0.2) is 0 Å². The lowest BCUT2D eigenvalue weighted by atomic mass is 9.79. The molecule has 4 fully saturated rings. The summed E-state index contributed by atoms with van der Waals surface area (Å²) in [5, 5.41) is 10.3. The summed E-state index contributed by atoms with van der Waals surface area (Å²) < 4.78 is 5.43. The third-order valence-corrected chi connectivity index (χ3v) is 7.68.